The maximum atomic E-state index is 13.3. The fourth-order valence-electron chi connectivity index (χ4n) is 2.11. The van der Waals surface area contributed by atoms with Crippen LogP contribution in [0, 0.1) is 12.7 Å². The summed E-state index contributed by atoms with van der Waals surface area (Å²) in [5.74, 6) is -0.133. The highest BCUT2D eigenvalue weighted by Crippen LogP contribution is 2.21. The Kier molecular flexibility index (Phi) is 4.50. The topological polar surface area (TPSA) is 12.0 Å². The summed E-state index contributed by atoms with van der Waals surface area (Å²) in [5.41, 5.74) is 3.24. The van der Waals surface area contributed by atoms with Crippen molar-refractivity contribution in [3.8, 4) is 0 Å². The molecular formula is C15H18FNS. The van der Waals surface area contributed by atoms with Crippen molar-refractivity contribution >= 4 is 11.3 Å². The fourth-order valence-corrected chi connectivity index (χ4v) is 2.81. The zero-order chi connectivity index (χ0) is 13.0. The first-order chi connectivity index (χ1) is 8.70. The van der Waals surface area contributed by atoms with Crippen LogP contribution in [0.2, 0.25) is 0 Å². The van der Waals surface area contributed by atoms with E-state index in [9.17, 15) is 4.39 Å². The van der Waals surface area contributed by atoms with E-state index in [2.05, 4.69) is 22.1 Å². The number of nitrogens with one attached hydrogen (secondary N) is 1. The van der Waals surface area contributed by atoms with Gasteiger partial charge in [0.2, 0.25) is 0 Å². The highest BCUT2D eigenvalue weighted by Gasteiger charge is 2.10. The fraction of sp³-hybridized carbons (Fsp3) is 0.333. The smallest absolute Gasteiger partial charge is 0.126 e. The molecule has 1 aromatic carbocycles. The van der Waals surface area contributed by atoms with Crippen molar-refractivity contribution in [2.75, 3.05) is 7.05 Å². The third kappa shape index (κ3) is 3.18. The maximum absolute atomic E-state index is 13.3. The van der Waals surface area contributed by atoms with Gasteiger partial charge in [0.15, 0.2) is 0 Å². The predicted octanol–water partition coefficient (Wildman–Crippen LogP) is 4.09. The molecule has 0 aliphatic heterocycles. The van der Waals surface area contributed by atoms with Gasteiger partial charge in [-0.3, -0.25) is 0 Å². The van der Waals surface area contributed by atoms with E-state index in [0.717, 1.165) is 18.4 Å². The van der Waals surface area contributed by atoms with Gasteiger partial charge < -0.3 is 5.32 Å². The highest BCUT2D eigenvalue weighted by molar-refractivity contribution is 7.07. The number of benzene rings is 1. The molecule has 0 bridgehead atoms. The van der Waals surface area contributed by atoms with E-state index in [1.54, 1.807) is 17.4 Å². The average molecular weight is 263 g/mol. The molecule has 1 nitrogen and oxygen atoms in total. The first-order valence-electron chi connectivity index (χ1n) is 6.15. The Morgan fingerprint density at radius 2 is 2.17 bits per heavy atom. The summed E-state index contributed by atoms with van der Waals surface area (Å²) >= 11 is 1.73. The molecule has 2 aromatic rings. The summed E-state index contributed by atoms with van der Waals surface area (Å²) < 4.78 is 13.3. The molecule has 1 heterocycles. The van der Waals surface area contributed by atoms with Crippen LogP contribution in [0.5, 0.6) is 0 Å². The third-order valence-electron chi connectivity index (χ3n) is 3.23. The van der Waals surface area contributed by atoms with Gasteiger partial charge in [-0.25, -0.2) is 4.39 Å². The Morgan fingerprint density at radius 3 is 2.78 bits per heavy atom. The molecule has 0 spiro atoms. The molecule has 2 rings (SSSR count). The summed E-state index contributed by atoms with van der Waals surface area (Å²) in [6, 6.07) is 7.80. The molecule has 0 fully saturated rings. The minimum Gasteiger partial charge on any atom is -0.313 e. The molecule has 0 amide bonds. The molecule has 1 atom stereocenters. The van der Waals surface area contributed by atoms with Gasteiger partial charge in [-0.1, -0.05) is 12.1 Å². The van der Waals surface area contributed by atoms with E-state index in [4.69, 9.17) is 0 Å². The van der Waals surface area contributed by atoms with Gasteiger partial charge in [0.1, 0.15) is 5.82 Å². The van der Waals surface area contributed by atoms with E-state index in [1.165, 1.54) is 5.56 Å². The Morgan fingerprint density at radius 1 is 1.33 bits per heavy atom. The quantitative estimate of drug-likeness (QED) is 0.856. The SMILES string of the molecule is CNC(CCc1ccsc1)c1ccc(F)c(C)c1. The van der Waals surface area contributed by atoms with Crippen LogP contribution in [0.4, 0.5) is 4.39 Å². The second kappa shape index (κ2) is 6.12. The van der Waals surface area contributed by atoms with Crippen molar-refractivity contribution in [3.05, 3.63) is 57.5 Å². The van der Waals surface area contributed by atoms with Crippen LogP contribution >= 0.6 is 11.3 Å². The second-order valence-electron chi connectivity index (χ2n) is 4.52. The Balaban J connectivity index is 2.05. The summed E-state index contributed by atoms with van der Waals surface area (Å²) in [6.45, 7) is 1.81. The lowest BCUT2D eigenvalue weighted by Gasteiger charge is -2.17. The number of halogens is 1. The lowest BCUT2D eigenvalue weighted by Crippen LogP contribution is -2.17. The largest absolute Gasteiger partial charge is 0.313 e. The molecule has 0 aliphatic rings. The van der Waals surface area contributed by atoms with Crippen LogP contribution < -0.4 is 5.32 Å². The van der Waals surface area contributed by atoms with E-state index in [0.29, 0.717) is 5.56 Å². The van der Waals surface area contributed by atoms with Gasteiger partial charge in [0.05, 0.1) is 0 Å². The molecule has 0 saturated heterocycles. The zero-order valence-electron chi connectivity index (χ0n) is 10.7. The second-order valence-corrected chi connectivity index (χ2v) is 5.30. The van der Waals surface area contributed by atoms with Crippen molar-refractivity contribution in [3.63, 3.8) is 0 Å². The van der Waals surface area contributed by atoms with Crippen LogP contribution in [-0.4, -0.2) is 7.05 Å². The summed E-state index contributed by atoms with van der Waals surface area (Å²) in [5, 5.41) is 7.59. The van der Waals surface area contributed by atoms with Crippen LogP contribution in [0.3, 0.4) is 0 Å². The molecule has 3 heteroatoms. The van der Waals surface area contributed by atoms with Crippen LogP contribution in [0.25, 0.3) is 0 Å². The normalized spacial score (nSPS) is 12.6. The van der Waals surface area contributed by atoms with Gasteiger partial charge in [-0.05, 0) is 66.4 Å². The standard InChI is InChI=1S/C15H18FNS/c1-11-9-13(4-5-14(11)16)15(17-2)6-3-12-7-8-18-10-12/h4-5,7-10,15,17H,3,6H2,1-2H3. The van der Waals surface area contributed by atoms with Gasteiger partial charge in [-0.2, -0.15) is 11.3 Å². The number of thiophene rings is 1. The monoisotopic (exact) mass is 263 g/mol. The van der Waals surface area contributed by atoms with Crippen molar-refractivity contribution < 1.29 is 4.39 Å². The van der Waals surface area contributed by atoms with E-state index in [1.807, 2.05) is 26.1 Å². The average Bonchev–Trinajstić information content (AvgIpc) is 2.87. The van der Waals surface area contributed by atoms with Crippen LogP contribution in [0.1, 0.15) is 29.2 Å². The van der Waals surface area contributed by atoms with Crippen molar-refractivity contribution in [2.45, 2.75) is 25.8 Å². The highest BCUT2D eigenvalue weighted by atomic mass is 32.1. The lowest BCUT2D eigenvalue weighted by molar-refractivity contribution is 0.546. The number of hydrogen-bond donors (Lipinski definition) is 1. The lowest BCUT2D eigenvalue weighted by atomic mass is 9.98. The molecule has 96 valence electrons. The van der Waals surface area contributed by atoms with Gasteiger partial charge >= 0.3 is 0 Å². The molecule has 18 heavy (non-hydrogen) atoms. The first kappa shape index (κ1) is 13.2. The number of aryl methyl sites for hydroxylation is 2. The molecule has 0 radical (unpaired) electrons. The first-order valence-corrected chi connectivity index (χ1v) is 7.09. The van der Waals surface area contributed by atoms with E-state index >= 15 is 0 Å². The Labute approximate surface area is 112 Å². The Bertz CT molecular complexity index is 493. The zero-order valence-corrected chi connectivity index (χ0v) is 11.6. The van der Waals surface area contributed by atoms with Gasteiger partial charge in [0.25, 0.3) is 0 Å². The molecule has 1 unspecified atom stereocenters. The molecular weight excluding hydrogens is 245 g/mol. The van der Waals surface area contributed by atoms with Crippen LogP contribution in [0.15, 0.2) is 35.0 Å². The minimum absolute atomic E-state index is 0.133. The van der Waals surface area contributed by atoms with Gasteiger partial charge in [-0.15, -0.1) is 0 Å². The van der Waals surface area contributed by atoms with Crippen LogP contribution in [-0.2, 0) is 6.42 Å². The molecule has 0 saturated carbocycles. The van der Waals surface area contributed by atoms with Crippen molar-refractivity contribution in [2.24, 2.45) is 0 Å². The Hall–Kier alpha value is -1.19. The maximum Gasteiger partial charge on any atom is 0.126 e. The molecule has 0 aliphatic carbocycles. The van der Waals surface area contributed by atoms with E-state index < -0.39 is 0 Å². The summed E-state index contributed by atoms with van der Waals surface area (Å²) in [6.07, 6.45) is 2.07. The summed E-state index contributed by atoms with van der Waals surface area (Å²) in [7, 11) is 1.96. The third-order valence-corrected chi connectivity index (χ3v) is 3.97. The number of rotatable bonds is 5. The van der Waals surface area contributed by atoms with Crippen molar-refractivity contribution in [1.29, 1.82) is 0 Å². The predicted molar refractivity (Wildman–Crippen MR) is 75.6 cm³/mol. The number of hydrogen-bond acceptors (Lipinski definition) is 2. The van der Waals surface area contributed by atoms with Gasteiger partial charge in [0, 0.05) is 6.04 Å². The minimum atomic E-state index is -0.133. The van der Waals surface area contributed by atoms with E-state index in [-0.39, 0.29) is 11.9 Å². The molecule has 1 N–H and O–H groups in total. The summed E-state index contributed by atoms with van der Waals surface area (Å²) in [4.78, 5) is 0. The van der Waals surface area contributed by atoms with Crippen molar-refractivity contribution in [1.82, 2.24) is 5.32 Å². The molecule has 1 aromatic heterocycles.